The molecular formula is C37H64O11P2. The third-order valence-electron chi connectivity index (χ3n) is 8.30. The molecule has 288 valence electrons. The molecule has 2 aromatic rings. The molecule has 0 amide bonds. The maximum Gasteiger partial charge on any atom is 0.596 e. The Balaban J connectivity index is 0.00000122. The van der Waals surface area contributed by atoms with Gasteiger partial charge in [0.15, 0.2) is 0 Å². The van der Waals surface area contributed by atoms with Crippen LogP contribution in [-0.4, -0.2) is 56.6 Å². The van der Waals surface area contributed by atoms with E-state index < -0.39 is 69.1 Å². The molecule has 13 heteroatoms. The molecule has 50 heavy (non-hydrogen) atoms. The van der Waals surface area contributed by atoms with E-state index in [9.17, 15) is 18.9 Å². The summed E-state index contributed by atoms with van der Waals surface area (Å²) in [6, 6.07) is 7.96. The Labute approximate surface area is 300 Å². The second-order valence-corrected chi connectivity index (χ2v) is 20.0. The molecule has 2 rings (SSSR count). The number of aryl methyl sites for hydroxylation is 2. The fourth-order valence-electron chi connectivity index (χ4n) is 4.92. The summed E-state index contributed by atoms with van der Waals surface area (Å²) < 4.78 is 44.3. The Hall–Kier alpha value is -1.78. The predicted octanol–water partition coefficient (Wildman–Crippen LogP) is 7.62. The van der Waals surface area contributed by atoms with Crippen molar-refractivity contribution in [1.82, 2.24) is 0 Å². The lowest BCUT2D eigenvalue weighted by molar-refractivity contribution is -0.0328. The molecule has 0 saturated heterocycles. The number of phosphoric ester groups is 1. The van der Waals surface area contributed by atoms with Gasteiger partial charge in [0.1, 0.15) is 11.5 Å². The number of hydrogen-bond acceptors (Lipinski definition) is 9. The highest BCUT2D eigenvalue weighted by molar-refractivity contribution is 7.61. The molecule has 0 heterocycles. The quantitative estimate of drug-likeness (QED) is 0.118. The number of phosphoric acid groups is 2. The number of aliphatic hydroxyl groups is 4. The van der Waals surface area contributed by atoms with Crippen LogP contribution in [0.4, 0.5) is 0 Å². The summed E-state index contributed by atoms with van der Waals surface area (Å²) in [6.07, 6.45) is 1.54. The summed E-state index contributed by atoms with van der Waals surface area (Å²) in [5, 5.41) is 34.0. The summed E-state index contributed by atoms with van der Waals surface area (Å²) in [5.41, 5.74) is 2.18. The molecule has 2 aromatic carbocycles. The number of benzene rings is 2. The minimum absolute atomic E-state index is 0.249. The van der Waals surface area contributed by atoms with Crippen LogP contribution in [-0.2, 0) is 47.9 Å². The first-order valence-corrected chi connectivity index (χ1v) is 20.0. The summed E-state index contributed by atoms with van der Waals surface area (Å²) in [6.45, 7) is 26.6. The van der Waals surface area contributed by atoms with Gasteiger partial charge in [0.2, 0.25) is 0 Å². The largest absolute Gasteiger partial charge is 0.596 e. The molecular weight excluding hydrogens is 682 g/mol. The SMILES string of the molecule is CCc1cc(C(C)(C)C)c(OP(=O)(Oc2c(C(C)(C)C)cc(CC)cc2C(C)(C)C)OP(=O)(O)O)c(C(C)(C)C)c1.OCC(CO)(CO)CO. The fourth-order valence-corrected chi connectivity index (χ4v) is 7.10. The highest BCUT2D eigenvalue weighted by Crippen LogP contribution is 2.63. The van der Waals surface area contributed by atoms with Crippen molar-refractivity contribution >= 4 is 15.6 Å². The van der Waals surface area contributed by atoms with Crippen molar-refractivity contribution in [3.63, 3.8) is 0 Å². The molecule has 0 radical (unpaired) electrons. The van der Waals surface area contributed by atoms with Gasteiger partial charge in [-0.05, 0) is 45.6 Å². The first kappa shape index (κ1) is 46.2. The topological polar surface area (TPSA) is 183 Å². The van der Waals surface area contributed by atoms with Crippen LogP contribution < -0.4 is 9.05 Å². The molecule has 0 aliphatic heterocycles. The molecule has 0 spiro atoms. The van der Waals surface area contributed by atoms with Crippen molar-refractivity contribution in [2.45, 2.75) is 131 Å². The van der Waals surface area contributed by atoms with Crippen LogP contribution >= 0.6 is 15.6 Å². The molecule has 0 aromatic heterocycles. The third kappa shape index (κ3) is 12.7. The van der Waals surface area contributed by atoms with E-state index in [0.717, 1.165) is 46.2 Å². The number of rotatable bonds is 12. The van der Waals surface area contributed by atoms with Crippen LogP contribution in [0.5, 0.6) is 11.5 Å². The highest BCUT2D eigenvalue weighted by Gasteiger charge is 2.44. The van der Waals surface area contributed by atoms with Gasteiger partial charge < -0.3 is 39.3 Å². The number of aliphatic hydroxyl groups excluding tert-OH is 4. The molecule has 11 nitrogen and oxygen atoms in total. The van der Waals surface area contributed by atoms with E-state index in [4.69, 9.17) is 33.8 Å². The zero-order valence-electron chi connectivity index (χ0n) is 32.7. The van der Waals surface area contributed by atoms with Gasteiger partial charge in [0.05, 0.1) is 31.8 Å². The maximum absolute atomic E-state index is 14.6. The second kappa shape index (κ2) is 16.9. The van der Waals surface area contributed by atoms with Gasteiger partial charge in [-0.2, -0.15) is 4.31 Å². The van der Waals surface area contributed by atoms with Gasteiger partial charge in [0.25, 0.3) is 0 Å². The van der Waals surface area contributed by atoms with Crippen molar-refractivity contribution in [2.75, 3.05) is 26.4 Å². The van der Waals surface area contributed by atoms with Crippen molar-refractivity contribution in [3.8, 4) is 11.5 Å². The zero-order valence-corrected chi connectivity index (χ0v) is 34.5. The van der Waals surface area contributed by atoms with Crippen molar-refractivity contribution < 1.29 is 52.7 Å². The van der Waals surface area contributed by atoms with Crippen LogP contribution in [0.15, 0.2) is 24.3 Å². The lowest BCUT2D eigenvalue weighted by Crippen LogP contribution is -2.37. The van der Waals surface area contributed by atoms with Crippen molar-refractivity contribution in [2.24, 2.45) is 5.41 Å². The summed E-state index contributed by atoms with van der Waals surface area (Å²) in [7, 11) is -10.3. The van der Waals surface area contributed by atoms with Gasteiger partial charge in [-0.3, -0.25) is 0 Å². The van der Waals surface area contributed by atoms with Gasteiger partial charge in [0, 0.05) is 22.3 Å². The Kier molecular flexibility index (Phi) is 15.6. The van der Waals surface area contributed by atoms with Crippen molar-refractivity contribution in [3.05, 3.63) is 57.6 Å². The molecule has 0 unspecified atom stereocenters. The molecule has 0 atom stereocenters. The predicted molar refractivity (Wildman–Crippen MR) is 199 cm³/mol. The van der Waals surface area contributed by atoms with E-state index in [1.807, 2.05) is 107 Å². The molecule has 6 N–H and O–H groups in total. The molecule has 0 bridgehead atoms. The van der Waals surface area contributed by atoms with E-state index in [2.05, 4.69) is 13.8 Å². The molecule has 0 aliphatic rings. The van der Waals surface area contributed by atoms with Crippen LogP contribution in [0.1, 0.15) is 130 Å². The second-order valence-electron chi connectivity index (χ2n) is 17.1. The van der Waals surface area contributed by atoms with Crippen LogP contribution in [0.2, 0.25) is 0 Å². The van der Waals surface area contributed by atoms with E-state index >= 15 is 0 Å². The molecule has 0 saturated carbocycles. The maximum atomic E-state index is 14.6. The normalized spacial score (nSPS) is 13.5. The van der Waals surface area contributed by atoms with Gasteiger partial charge >= 0.3 is 15.6 Å². The van der Waals surface area contributed by atoms with Crippen LogP contribution in [0.3, 0.4) is 0 Å². The Bertz CT molecular complexity index is 1340. The van der Waals surface area contributed by atoms with Crippen LogP contribution in [0, 0.1) is 5.41 Å². The van der Waals surface area contributed by atoms with E-state index in [0.29, 0.717) is 0 Å². The first-order chi connectivity index (χ1) is 22.5. The molecule has 0 aliphatic carbocycles. The Morgan fingerprint density at radius 3 is 0.900 bits per heavy atom. The Morgan fingerprint density at radius 1 is 0.520 bits per heavy atom. The lowest BCUT2D eigenvalue weighted by atomic mass is 9.78. The van der Waals surface area contributed by atoms with E-state index in [1.165, 1.54) is 0 Å². The minimum Gasteiger partial charge on any atom is -0.396 e. The van der Waals surface area contributed by atoms with E-state index in [1.54, 1.807) is 0 Å². The zero-order chi connectivity index (χ0) is 39.3. The van der Waals surface area contributed by atoms with Gasteiger partial charge in [-0.1, -0.05) is 121 Å². The summed E-state index contributed by atoms with van der Waals surface area (Å²) in [4.78, 5) is 19.9. The van der Waals surface area contributed by atoms with Crippen molar-refractivity contribution in [1.29, 1.82) is 0 Å². The van der Waals surface area contributed by atoms with Crippen LogP contribution in [0.25, 0.3) is 0 Å². The Morgan fingerprint density at radius 2 is 0.760 bits per heavy atom. The third-order valence-corrected chi connectivity index (χ3v) is 10.8. The summed E-state index contributed by atoms with van der Waals surface area (Å²) in [5.74, 6) is 0.498. The standard InChI is InChI=1S/C32H52O7P2.C5H12O4/c1-15-21-17-23(29(3,4)5)27(24(18-21)30(6,7)8)37-41(36,39-40(33,34)35)38-28-25(31(9,10)11)19-22(16-2)20-26(28)32(12,13)14;6-1-5(2-7,3-8)4-9/h17-20H,15-16H2,1-14H3,(H2,33,34,35);6-9H,1-4H2. The van der Waals surface area contributed by atoms with Gasteiger partial charge in [-0.15, -0.1) is 0 Å². The fraction of sp³-hybridized carbons (Fsp3) is 0.676. The van der Waals surface area contributed by atoms with Gasteiger partial charge in [-0.25, -0.2) is 9.13 Å². The van der Waals surface area contributed by atoms with E-state index in [-0.39, 0.29) is 11.5 Å². The minimum atomic E-state index is -5.33. The average Bonchev–Trinajstić information content (AvgIpc) is 2.95. The lowest BCUT2D eigenvalue weighted by Gasteiger charge is -2.34. The monoisotopic (exact) mass is 746 g/mol. The summed E-state index contributed by atoms with van der Waals surface area (Å²) >= 11 is 0. The average molecular weight is 747 g/mol. The molecule has 0 fully saturated rings. The first-order valence-electron chi connectivity index (χ1n) is 17.0. The number of hydrogen-bond donors (Lipinski definition) is 6. The smallest absolute Gasteiger partial charge is 0.396 e. The highest BCUT2D eigenvalue weighted by atomic mass is 31.3.